The van der Waals surface area contributed by atoms with Crippen LogP contribution in [0.5, 0.6) is 5.75 Å². The number of carbonyl (C=O) groups is 2. The number of rotatable bonds is 6. The molecule has 128 valence electrons. The van der Waals surface area contributed by atoms with Gasteiger partial charge in [-0.05, 0) is 35.7 Å². The van der Waals surface area contributed by atoms with Gasteiger partial charge in [0.25, 0.3) is 5.91 Å². The van der Waals surface area contributed by atoms with E-state index in [1.54, 1.807) is 11.4 Å². The summed E-state index contributed by atoms with van der Waals surface area (Å²) in [5.74, 6) is -0.626. The van der Waals surface area contributed by atoms with E-state index in [-0.39, 0.29) is 11.5 Å². The van der Waals surface area contributed by atoms with Crippen molar-refractivity contribution >= 4 is 38.7 Å². The first-order chi connectivity index (χ1) is 11.3. The van der Waals surface area contributed by atoms with Crippen LogP contribution in [-0.4, -0.2) is 40.3 Å². The summed E-state index contributed by atoms with van der Waals surface area (Å²) in [6.45, 7) is -0.283. The summed E-state index contributed by atoms with van der Waals surface area (Å²) >= 11 is 1.16. The molecule has 1 aromatic carbocycles. The summed E-state index contributed by atoms with van der Waals surface area (Å²) in [7, 11) is -2.02. The molecule has 2 aromatic rings. The molecule has 1 heterocycles. The average Bonchev–Trinajstić information content (AvgIpc) is 3.00. The number of ether oxygens (including phenoxy) is 2. The van der Waals surface area contributed by atoms with Crippen LogP contribution in [-0.2, 0) is 19.4 Å². The van der Waals surface area contributed by atoms with Crippen LogP contribution < -0.4 is 10.1 Å². The Balaban J connectivity index is 1.94. The predicted molar refractivity (Wildman–Crippen MR) is 89.3 cm³/mol. The highest BCUT2D eigenvalue weighted by atomic mass is 32.2. The first kappa shape index (κ1) is 18.0. The highest BCUT2D eigenvalue weighted by Gasteiger charge is 2.15. The largest absolute Gasteiger partial charge is 0.484 e. The lowest BCUT2D eigenvalue weighted by Gasteiger charge is -2.08. The molecule has 1 aromatic heterocycles. The van der Waals surface area contributed by atoms with Gasteiger partial charge >= 0.3 is 5.97 Å². The van der Waals surface area contributed by atoms with Crippen molar-refractivity contribution in [2.45, 2.75) is 4.90 Å². The Hall–Kier alpha value is -2.39. The lowest BCUT2D eigenvalue weighted by atomic mass is 10.3. The van der Waals surface area contributed by atoms with Crippen molar-refractivity contribution in [1.29, 1.82) is 0 Å². The second-order valence-electron chi connectivity index (χ2n) is 4.74. The second-order valence-corrected chi connectivity index (χ2v) is 7.67. The first-order valence-corrected chi connectivity index (χ1v) is 9.47. The normalized spacial score (nSPS) is 10.9. The van der Waals surface area contributed by atoms with E-state index in [0.29, 0.717) is 16.3 Å². The Morgan fingerprint density at radius 3 is 2.42 bits per heavy atom. The van der Waals surface area contributed by atoms with Crippen LogP contribution in [0.15, 0.2) is 40.6 Å². The molecule has 1 N–H and O–H groups in total. The Morgan fingerprint density at radius 1 is 1.17 bits per heavy atom. The maximum atomic E-state index is 11.9. The van der Waals surface area contributed by atoms with Gasteiger partial charge in [-0.2, -0.15) is 0 Å². The number of thiophene rings is 1. The molecular formula is C15H15NO6S2. The fraction of sp³-hybridized carbons (Fsp3) is 0.200. The van der Waals surface area contributed by atoms with E-state index < -0.39 is 21.7 Å². The number of sulfone groups is 1. The zero-order valence-electron chi connectivity index (χ0n) is 12.9. The van der Waals surface area contributed by atoms with Crippen LogP contribution >= 0.6 is 11.3 Å². The van der Waals surface area contributed by atoms with E-state index in [4.69, 9.17) is 4.74 Å². The van der Waals surface area contributed by atoms with Crippen molar-refractivity contribution < 1.29 is 27.5 Å². The summed E-state index contributed by atoms with van der Waals surface area (Å²) in [5, 5.41) is 4.22. The third-order valence-electron chi connectivity index (χ3n) is 2.93. The zero-order valence-corrected chi connectivity index (χ0v) is 14.6. The summed E-state index contributed by atoms with van der Waals surface area (Å²) in [5.41, 5.74) is 0.355. The van der Waals surface area contributed by atoms with E-state index in [2.05, 4.69) is 10.1 Å². The SMILES string of the molecule is COC(=O)c1sccc1NC(=O)COc1ccc(S(C)(=O)=O)cc1. The highest BCUT2D eigenvalue weighted by Crippen LogP contribution is 2.23. The van der Waals surface area contributed by atoms with Gasteiger partial charge in [0.05, 0.1) is 17.7 Å². The molecule has 7 nitrogen and oxygen atoms in total. The first-order valence-electron chi connectivity index (χ1n) is 6.70. The van der Waals surface area contributed by atoms with Crippen LogP contribution in [0, 0.1) is 0 Å². The van der Waals surface area contributed by atoms with Crippen LogP contribution in [0.25, 0.3) is 0 Å². The minimum atomic E-state index is -3.28. The molecule has 0 atom stereocenters. The van der Waals surface area contributed by atoms with Gasteiger partial charge in [0.1, 0.15) is 10.6 Å². The standard InChI is InChI=1S/C15H15NO6S2/c1-21-15(18)14-12(7-8-23-14)16-13(17)9-22-10-3-5-11(6-4-10)24(2,19)20/h3-8H,9H2,1-2H3,(H,16,17). The van der Waals surface area contributed by atoms with Crippen molar-refractivity contribution in [3.63, 3.8) is 0 Å². The van der Waals surface area contributed by atoms with Gasteiger partial charge in [-0.3, -0.25) is 4.79 Å². The molecule has 24 heavy (non-hydrogen) atoms. The molecule has 0 aliphatic carbocycles. The number of anilines is 1. The zero-order chi connectivity index (χ0) is 17.7. The van der Waals surface area contributed by atoms with Crippen LogP contribution in [0.2, 0.25) is 0 Å². The molecule has 0 unspecified atom stereocenters. The number of nitrogens with one attached hydrogen (secondary N) is 1. The fourth-order valence-electron chi connectivity index (χ4n) is 1.78. The molecule has 0 saturated carbocycles. The summed E-state index contributed by atoms with van der Waals surface area (Å²) < 4.78 is 32.6. The number of esters is 1. The predicted octanol–water partition coefficient (Wildman–Crippen LogP) is 1.96. The van der Waals surface area contributed by atoms with Crippen molar-refractivity contribution in [3.05, 3.63) is 40.6 Å². The number of hydrogen-bond acceptors (Lipinski definition) is 7. The molecule has 9 heteroatoms. The summed E-state index contributed by atoms with van der Waals surface area (Å²) in [6, 6.07) is 7.33. The molecule has 0 saturated heterocycles. The molecule has 1 amide bonds. The van der Waals surface area contributed by atoms with Crippen molar-refractivity contribution in [2.75, 3.05) is 25.3 Å². The quantitative estimate of drug-likeness (QED) is 0.782. The fourth-order valence-corrected chi connectivity index (χ4v) is 3.17. The van der Waals surface area contributed by atoms with E-state index in [1.807, 2.05) is 0 Å². The van der Waals surface area contributed by atoms with Crippen LogP contribution in [0.4, 0.5) is 5.69 Å². The topological polar surface area (TPSA) is 98.8 Å². The minimum Gasteiger partial charge on any atom is -0.484 e. The summed E-state index contributed by atoms with van der Waals surface area (Å²) in [4.78, 5) is 23.9. The second kappa shape index (κ2) is 7.45. The van der Waals surface area contributed by atoms with Crippen molar-refractivity contribution in [2.24, 2.45) is 0 Å². The van der Waals surface area contributed by atoms with Gasteiger partial charge in [0, 0.05) is 6.26 Å². The van der Waals surface area contributed by atoms with Gasteiger partial charge in [0.2, 0.25) is 0 Å². The lowest BCUT2D eigenvalue weighted by Crippen LogP contribution is -2.21. The third-order valence-corrected chi connectivity index (χ3v) is 4.95. The Kier molecular flexibility index (Phi) is 5.58. The van der Waals surface area contributed by atoms with Gasteiger partial charge in [-0.1, -0.05) is 0 Å². The van der Waals surface area contributed by atoms with Gasteiger partial charge < -0.3 is 14.8 Å². The Bertz CT molecular complexity index is 839. The van der Waals surface area contributed by atoms with Gasteiger partial charge in [0.15, 0.2) is 16.4 Å². The summed E-state index contributed by atoms with van der Waals surface area (Å²) in [6.07, 6.45) is 1.11. The Labute approximate surface area is 143 Å². The molecule has 2 rings (SSSR count). The molecule has 0 fully saturated rings. The van der Waals surface area contributed by atoms with E-state index in [0.717, 1.165) is 17.6 Å². The molecule has 0 radical (unpaired) electrons. The van der Waals surface area contributed by atoms with Crippen LogP contribution in [0.1, 0.15) is 9.67 Å². The number of hydrogen-bond donors (Lipinski definition) is 1. The number of amides is 1. The van der Waals surface area contributed by atoms with E-state index in [9.17, 15) is 18.0 Å². The smallest absolute Gasteiger partial charge is 0.350 e. The van der Waals surface area contributed by atoms with E-state index >= 15 is 0 Å². The molecule has 0 spiro atoms. The minimum absolute atomic E-state index is 0.167. The van der Waals surface area contributed by atoms with Gasteiger partial charge in [-0.15, -0.1) is 11.3 Å². The molecule has 0 aliphatic heterocycles. The van der Waals surface area contributed by atoms with Crippen molar-refractivity contribution in [3.8, 4) is 5.75 Å². The van der Waals surface area contributed by atoms with E-state index in [1.165, 1.54) is 31.4 Å². The third kappa shape index (κ3) is 4.56. The average molecular weight is 369 g/mol. The molecular weight excluding hydrogens is 354 g/mol. The van der Waals surface area contributed by atoms with Crippen molar-refractivity contribution in [1.82, 2.24) is 0 Å². The van der Waals surface area contributed by atoms with Crippen LogP contribution in [0.3, 0.4) is 0 Å². The molecule has 0 bridgehead atoms. The highest BCUT2D eigenvalue weighted by molar-refractivity contribution is 7.90. The van der Waals surface area contributed by atoms with Gasteiger partial charge in [-0.25, -0.2) is 13.2 Å². The molecule has 0 aliphatic rings. The Morgan fingerprint density at radius 2 is 1.83 bits per heavy atom. The lowest BCUT2D eigenvalue weighted by molar-refractivity contribution is -0.118. The number of carbonyl (C=O) groups excluding carboxylic acids is 2. The monoisotopic (exact) mass is 369 g/mol. The maximum Gasteiger partial charge on any atom is 0.350 e. The number of benzene rings is 1. The maximum absolute atomic E-state index is 11.9. The number of methoxy groups -OCH3 is 1.